The van der Waals surface area contributed by atoms with Gasteiger partial charge in [-0.3, -0.25) is 14.6 Å². The Balaban J connectivity index is 1.27. The van der Waals surface area contributed by atoms with Gasteiger partial charge in [-0.2, -0.15) is 15.2 Å². The number of carbonyl (C=O) groups excluding carboxylic acids is 1. The molecule has 1 N–H and O–H groups in total. The van der Waals surface area contributed by atoms with Gasteiger partial charge in [0.25, 0.3) is 0 Å². The number of amides is 1. The lowest BCUT2D eigenvalue weighted by Crippen LogP contribution is -2.55. The number of nitriles is 1. The van der Waals surface area contributed by atoms with Crippen LogP contribution in [-0.2, 0) is 23.3 Å². The molecular weight excluding hydrogens is 566 g/mol. The Labute approximate surface area is 264 Å². The van der Waals surface area contributed by atoms with Gasteiger partial charge in [0.15, 0.2) is 0 Å². The van der Waals surface area contributed by atoms with E-state index in [2.05, 4.69) is 66.3 Å². The van der Waals surface area contributed by atoms with Gasteiger partial charge in [0, 0.05) is 55.9 Å². The van der Waals surface area contributed by atoms with Crippen molar-refractivity contribution in [1.29, 1.82) is 5.26 Å². The number of phenols is 1. The van der Waals surface area contributed by atoms with Crippen LogP contribution >= 0.6 is 0 Å². The summed E-state index contributed by atoms with van der Waals surface area (Å²) in [6.45, 7) is 13.9. The Hall–Kier alpha value is -4.20. The smallest absolute Gasteiger partial charge is 0.319 e. The quantitative estimate of drug-likeness (QED) is 0.385. The predicted molar refractivity (Wildman–Crippen MR) is 172 cm³/mol. The van der Waals surface area contributed by atoms with Crippen LogP contribution in [0, 0.1) is 11.3 Å². The van der Waals surface area contributed by atoms with Crippen molar-refractivity contribution in [3.05, 3.63) is 65.4 Å². The van der Waals surface area contributed by atoms with Gasteiger partial charge in [-0.05, 0) is 80.1 Å². The maximum absolute atomic E-state index is 12.7. The third-order valence-corrected chi connectivity index (χ3v) is 10.4. The van der Waals surface area contributed by atoms with Crippen molar-refractivity contribution in [1.82, 2.24) is 24.7 Å². The zero-order valence-corrected chi connectivity index (χ0v) is 26.4. The number of aromatic hydroxyl groups is 1. The van der Waals surface area contributed by atoms with E-state index in [1.54, 1.807) is 4.90 Å². The fourth-order valence-corrected chi connectivity index (χ4v) is 8.12. The molecule has 2 aromatic carbocycles. The van der Waals surface area contributed by atoms with Crippen molar-refractivity contribution < 1.29 is 14.6 Å². The number of anilines is 1. The lowest BCUT2D eigenvalue weighted by molar-refractivity contribution is -0.128. The minimum absolute atomic E-state index is 0.0530. The summed E-state index contributed by atoms with van der Waals surface area (Å²) >= 11 is 0. The number of hydrogen-bond donors (Lipinski definition) is 1. The van der Waals surface area contributed by atoms with Gasteiger partial charge in [0.1, 0.15) is 18.3 Å². The Bertz CT molecular complexity index is 1720. The third kappa shape index (κ3) is 4.99. The van der Waals surface area contributed by atoms with Crippen molar-refractivity contribution in [3.8, 4) is 17.8 Å². The molecule has 4 aliphatic rings. The molecule has 3 aromatic rings. The van der Waals surface area contributed by atoms with Gasteiger partial charge in [-0.25, -0.2) is 0 Å². The molecule has 234 valence electrons. The van der Waals surface area contributed by atoms with E-state index in [1.807, 2.05) is 12.1 Å². The van der Waals surface area contributed by atoms with Crippen LogP contribution in [0.5, 0.6) is 11.8 Å². The lowest BCUT2D eigenvalue weighted by Gasteiger charge is -2.43. The number of benzene rings is 2. The van der Waals surface area contributed by atoms with Crippen LogP contribution in [-0.4, -0.2) is 80.7 Å². The molecule has 3 aliphatic heterocycles. The van der Waals surface area contributed by atoms with E-state index in [4.69, 9.17) is 14.7 Å². The third-order valence-electron chi connectivity index (χ3n) is 10.4. The van der Waals surface area contributed by atoms with Crippen LogP contribution in [0.4, 0.5) is 5.82 Å². The molecule has 2 unspecified atom stereocenters. The van der Waals surface area contributed by atoms with E-state index in [1.165, 1.54) is 17.0 Å². The van der Waals surface area contributed by atoms with Gasteiger partial charge in [-0.15, -0.1) is 0 Å². The lowest BCUT2D eigenvalue weighted by atomic mass is 9.92. The van der Waals surface area contributed by atoms with Gasteiger partial charge < -0.3 is 19.6 Å². The highest BCUT2D eigenvalue weighted by atomic mass is 16.5. The highest BCUT2D eigenvalue weighted by Crippen LogP contribution is 2.52. The summed E-state index contributed by atoms with van der Waals surface area (Å²) in [4.78, 5) is 31.5. The Kier molecular flexibility index (Phi) is 7.41. The van der Waals surface area contributed by atoms with E-state index in [9.17, 15) is 15.2 Å². The van der Waals surface area contributed by atoms with Crippen LogP contribution in [0.1, 0.15) is 68.5 Å². The highest BCUT2D eigenvalue weighted by Gasteiger charge is 2.48. The summed E-state index contributed by atoms with van der Waals surface area (Å²) < 4.78 is 6.31. The molecule has 1 aromatic heterocycles. The summed E-state index contributed by atoms with van der Waals surface area (Å²) in [6, 6.07) is 13.0. The number of rotatable bonds is 7. The average molecular weight is 608 g/mol. The van der Waals surface area contributed by atoms with E-state index in [-0.39, 0.29) is 30.2 Å². The summed E-state index contributed by atoms with van der Waals surface area (Å²) in [5.41, 5.74) is 3.97. The maximum atomic E-state index is 12.7. The minimum Gasteiger partial charge on any atom is -0.508 e. The maximum Gasteiger partial charge on any atom is 0.319 e. The second-order valence-electron chi connectivity index (χ2n) is 13.4. The van der Waals surface area contributed by atoms with E-state index in [0.29, 0.717) is 45.0 Å². The molecule has 10 nitrogen and oxygen atoms in total. The molecule has 45 heavy (non-hydrogen) atoms. The van der Waals surface area contributed by atoms with Crippen molar-refractivity contribution in [2.45, 2.75) is 76.7 Å². The number of phenolic OH excluding ortho intramolecular Hbond substituents is 1. The van der Waals surface area contributed by atoms with Gasteiger partial charge in [-0.1, -0.05) is 24.8 Å². The zero-order chi connectivity index (χ0) is 31.5. The zero-order valence-electron chi connectivity index (χ0n) is 26.4. The van der Waals surface area contributed by atoms with Crippen LogP contribution in [0.25, 0.3) is 10.8 Å². The Morgan fingerprint density at radius 3 is 2.84 bits per heavy atom. The van der Waals surface area contributed by atoms with E-state index >= 15 is 0 Å². The van der Waals surface area contributed by atoms with Gasteiger partial charge in [0.2, 0.25) is 5.91 Å². The van der Waals surface area contributed by atoms with Crippen molar-refractivity contribution >= 4 is 22.5 Å². The summed E-state index contributed by atoms with van der Waals surface area (Å²) in [5.74, 6) is 0.928. The number of nitrogens with zero attached hydrogens (tertiary/aromatic N) is 7. The van der Waals surface area contributed by atoms with Crippen LogP contribution < -0.4 is 9.64 Å². The molecule has 0 saturated carbocycles. The SMILES string of the molecule is C=CC(=O)N1CCN(c2nc(OCN3CCCC3C)nc3c2C(C)(C)N(C2Cc4cccc5cc(O)cc2c45)C3)C[C@@H]1CC#N. The normalized spacial score (nSPS) is 24.2. The molecule has 3 atom stereocenters. The molecule has 0 bridgehead atoms. The molecule has 2 saturated heterocycles. The summed E-state index contributed by atoms with van der Waals surface area (Å²) in [5, 5.41) is 22.6. The standard InChI is InChI=1S/C35H41N7O3/c1-5-30(44)41-15-14-39(19-25(41)11-12-36)33-32-28(37-34(38-33)45-21-40-13-7-8-22(40)2)20-42(35(32,3)4)29-17-24-10-6-9-23-16-26(43)18-27(29)31(23)24/h5-6,9-10,16,18,22,25,29,43H,1,7-8,11,13-15,17,19-21H2,2-4H3/t22?,25-,29?/m0/s1. The number of carbonyl (C=O) groups is 1. The second-order valence-corrected chi connectivity index (χ2v) is 13.4. The molecule has 1 amide bonds. The van der Waals surface area contributed by atoms with Gasteiger partial charge >= 0.3 is 6.01 Å². The molecule has 10 heteroatoms. The second kappa shape index (κ2) is 11.3. The first-order chi connectivity index (χ1) is 21.7. The number of hydrogen-bond acceptors (Lipinski definition) is 9. The molecular formula is C35H41N7O3. The first-order valence-electron chi connectivity index (χ1n) is 16.0. The number of ether oxygens (including phenoxy) is 1. The van der Waals surface area contributed by atoms with Crippen LogP contribution in [0.3, 0.4) is 0 Å². The first kappa shape index (κ1) is 29.5. The van der Waals surface area contributed by atoms with Crippen LogP contribution in [0.2, 0.25) is 0 Å². The molecule has 1 aliphatic carbocycles. The summed E-state index contributed by atoms with van der Waals surface area (Å²) in [6.07, 6.45) is 4.71. The first-order valence-corrected chi connectivity index (χ1v) is 16.0. The number of likely N-dealkylation sites (tertiary alicyclic amines) is 1. The summed E-state index contributed by atoms with van der Waals surface area (Å²) in [7, 11) is 0. The number of aromatic nitrogens is 2. The fraction of sp³-hybridized carbons (Fsp3) is 0.486. The molecule has 7 rings (SSSR count). The largest absolute Gasteiger partial charge is 0.508 e. The highest BCUT2D eigenvalue weighted by molar-refractivity contribution is 5.92. The average Bonchev–Trinajstić information content (AvgIpc) is 3.68. The van der Waals surface area contributed by atoms with Crippen molar-refractivity contribution in [2.75, 3.05) is 37.8 Å². The Morgan fingerprint density at radius 2 is 2.09 bits per heavy atom. The van der Waals surface area contributed by atoms with Crippen molar-refractivity contribution in [3.63, 3.8) is 0 Å². The monoisotopic (exact) mass is 607 g/mol. The predicted octanol–water partition coefficient (Wildman–Crippen LogP) is 4.62. The van der Waals surface area contributed by atoms with Crippen molar-refractivity contribution in [2.24, 2.45) is 0 Å². The fourth-order valence-electron chi connectivity index (χ4n) is 8.12. The minimum atomic E-state index is -0.448. The molecule has 2 fully saturated rings. The van der Waals surface area contributed by atoms with Crippen LogP contribution in [0.15, 0.2) is 43.0 Å². The number of fused-ring (bicyclic) bond motifs is 1. The van der Waals surface area contributed by atoms with Gasteiger partial charge in [0.05, 0.1) is 24.2 Å². The molecule has 0 radical (unpaired) electrons. The van der Waals surface area contributed by atoms with E-state index in [0.717, 1.165) is 53.8 Å². The number of piperazine rings is 1. The molecule has 0 spiro atoms. The Morgan fingerprint density at radius 1 is 1.24 bits per heavy atom. The molecule has 4 heterocycles. The van der Waals surface area contributed by atoms with E-state index < -0.39 is 5.54 Å². The topological polar surface area (TPSA) is 109 Å².